The minimum atomic E-state index is -0.282. The van der Waals surface area contributed by atoms with Gasteiger partial charge in [-0.05, 0) is 31.0 Å². The molecule has 0 spiro atoms. The summed E-state index contributed by atoms with van der Waals surface area (Å²) in [5.41, 5.74) is 0.822. The maximum atomic E-state index is 12.7. The molecule has 0 bridgehead atoms. The number of hydrogen-bond donors (Lipinski definition) is 1. The van der Waals surface area contributed by atoms with Crippen molar-refractivity contribution in [3.63, 3.8) is 0 Å². The molecule has 0 aliphatic rings. The highest BCUT2D eigenvalue weighted by molar-refractivity contribution is 9.09. The van der Waals surface area contributed by atoms with E-state index in [1.807, 2.05) is 13.8 Å². The number of halogens is 2. The molecule has 4 heteroatoms. The van der Waals surface area contributed by atoms with Crippen molar-refractivity contribution in [1.29, 1.82) is 0 Å². The van der Waals surface area contributed by atoms with Crippen molar-refractivity contribution < 1.29 is 9.18 Å². The van der Waals surface area contributed by atoms with Crippen LogP contribution in [-0.4, -0.2) is 16.8 Å². The molecule has 1 N–H and O–H groups in total. The van der Waals surface area contributed by atoms with Crippen LogP contribution in [-0.2, 0) is 11.2 Å². The quantitative estimate of drug-likeness (QED) is 0.832. The van der Waals surface area contributed by atoms with Crippen LogP contribution >= 0.6 is 15.9 Å². The van der Waals surface area contributed by atoms with E-state index >= 15 is 0 Å². The fourth-order valence-electron chi connectivity index (χ4n) is 1.66. The minimum Gasteiger partial charge on any atom is -0.353 e. The van der Waals surface area contributed by atoms with Gasteiger partial charge in [0.2, 0.25) is 5.91 Å². The Hall–Kier alpha value is -0.900. The third-order valence-electron chi connectivity index (χ3n) is 2.36. The summed E-state index contributed by atoms with van der Waals surface area (Å²) < 4.78 is 12.7. The second-order valence-electron chi connectivity index (χ2n) is 4.29. The van der Waals surface area contributed by atoms with Gasteiger partial charge in [-0.1, -0.05) is 35.0 Å². The highest BCUT2D eigenvalue weighted by Gasteiger charge is 2.10. The molecule has 1 amide bonds. The molecule has 0 heterocycles. The Labute approximate surface area is 110 Å². The Morgan fingerprint density at radius 2 is 1.94 bits per heavy atom. The van der Waals surface area contributed by atoms with Crippen LogP contribution in [0.15, 0.2) is 24.3 Å². The number of carbonyl (C=O) groups is 1. The van der Waals surface area contributed by atoms with E-state index in [2.05, 4.69) is 21.2 Å². The highest BCUT2D eigenvalue weighted by Crippen LogP contribution is 2.07. The SMILES string of the molecule is CC(Br)CC(C)NC(=O)Cc1ccc(F)cc1. The fraction of sp³-hybridized carbons (Fsp3) is 0.462. The standard InChI is InChI=1S/C13H17BrFNO/c1-9(14)7-10(2)16-13(17)8-11-3-5-12(15)6-4-11/h3-6,9-10H,7-8H2,1-2H3,(H,16,17). The van der Waals surface area contributed by atoms with Gasteiger partial charge in [-0.3, -0.25) is 4.79 Å². The lowest BCUT2D eigenvalue weighted by Crippen LogP contribution is -2.34. The summed E-state index contributed by atoms with van der Waals surface area (Å²) in [4.78, 5) is 12.0. The molecule has 1 rings (SSSR count). The first-order chi connectivity index (χ1) is 7.97. The Bertz CT molecular complexity index is 364. The van der Waals surface area contributed by atoms with E-state index in [1.165, 1.54) is 12.1 Å². The van der Waals surface area contributed by atoms with Crippen LogP contribution in [0.1, 0.15) is 25.8 Å². The molecule has 0 fully saturated rings. The highest BCUT2D eigenvalue weighted by atomic mass is 79.9. The first-order valence-electron chi connectivity index (χ1n) is 5.65. The molecular weight excluding hydrogens is 285 g/mol. The summed E-state index contributed by atoms with van der Waals surface area (Å²) in [6.07, 6.45) is 1.18. The van der Waals surface area contributed by atoms with E-state index in [1.54, 1.807) is 12.1 Å². The number of hydrogen-bond acceptors (Lipinski definition) is 1. The summed E-state index contributed by atoms with van der Waals surface area (Å²) in [5, 5.41) is 2.91. The largest absolute Gasteiger partial charge is 0.353 e. The summed E-state index contributed by atoms with van der Waals surface area (Å²) in [6, 6.07) is 6.14. The van der Waals surface area contributed by atoms with Crippen LogP contribution in [0, 0.1) is 5.82 Å². The van der Waals surface area contributed by atoms with E-state index in [-0.39, 0.29) is 17.8 Å². The van der Waals surface area contributed by atoms with Gasteiger partial charge in [0.1, 0.15) is 5.82 Å². The normalized spacial score (nSPS) is 14.1. The monoisotopic (exact) mass is 301 g/mol. The van der Waals surface area contributed by atoms with E-state index in [0.717, 1.165) is 12.0 Å². The molecule has 1 aromatic carbocycles. The third kappa shape index (κ3) is 5.82. The lowest BCUT2D eigenvalue weighted by atomic mass is 10.1. The smallest absolute Gasteiger partial charge is 0.224 e. The van der Waals surface area contributed by atoms with Gasteiger partial charge in [0, 0.05) is 10.9 Å². The van der Waals surface area contributed by atoms with Crippen molar-refractivity contribution in [1.82, 2.24) is 5.32 Å². The second-order valence-corrected chi connectivity index (χ2v) is 5.85. The van der Waals surface area contributed by atoms with E-state index < -0.39 is 0 Å². The molecular formula is C13H17BrFNO. The van der Waals surface area contributed by atoms with Gasteiger partial charge in [-0.2, -0.15) is 0 Å². The van der Waals surface area contributed by atoms with Crippen LogP contribution in [0.5, 0.6) is 0 Å². The molecule has 1 aromatic rings. The minimum absolute atomic E-state index is 0.0303. The molecule has 0 saturated heterocycles. The molecule has 2 unspecified atom stereocenters. The molecule has 0 aliphatic carbocycles. The van der Waals surface area contributed by atoms with E-state index in [4.69, 9.17) is 0 Å². The maximum absolute atomic E-state index is 12.7. The maximum Gasteiger partial charge on any atom is 0.224 e. The summed E-state index contributed by atoms with van der Waals surface area (Å²) in [5.74, 6) is -0.312. The number of carbonyl (C=O) groups excluding carboxylic acids is 1. The zero-order valence-corrected chi connectivity index (χ0v) is 11.6. The van der Waals surface area contributed by atoms with Crippen LogP contribution in [0.25, 0.3) is 0 Å². The first-order valence-corrected chi connectivity index (χ1v) is 6.57. The molecule has 0 aliphatic heterocycles. The van der Waals surface area contributed by atoms with Gasteiger partial charge in [-0.25, -0.2) is 4.39 Å². The van der Waals surface area contributed by atoms with Gasteiger partial charge in [-0.15, -0.1) is 0 Å². The average Bonchev–Trinajstić information content (AvgIpc) is 2.19. The van der Waals surface area contributed by atoms with Gasteiger partial charge in [0.15, 0.2) is 0 Å². The van der Waals surface area contributed by atoms with Gasteiger partial charge in [0.25, 0.3) is 0 Å². The van der Waals surface area contributed by atoms with Gasteiger partial charge < -0.3 is 5.32 Å². The number of amides is 1. The molecule has 17 heavy (non-hydrogen) atoms. The Balaban J connectivity index is 2.41. The second kappa shape index (κ2) is 6.74. The predicted molar refractivity (Wildman–Crippen MR) is 70.7 cm³/mol. The van der Waals surface area contributed by atoms with Crippen LogP contribution in [0.3, 0.4) is 0 Å². The number of nitrogens with one attached hydrogen (secondary N) is 1. The zero-order chi connectivity index (χ0) is 12.8. The lowest BCUT2D eigenvalue weighted by molar-refractivity contribution is -0.121. The van der Waals surface area contributed by atoms with Crippen molar-refractivity contribution in [2.75, 3.05) is 0 Å². The van der Waals surface area contributed by atoms with Crippen molar-refractivity contribution in [2.24, 2.45) is 0 Å². The van der Waals surface area contributed by atoms with Crippen molar-refractivity contribution in [3.05, 3.63) is 35.6 Å². The molecule has 0 saturated carbocycles. The van der Waals surface area contributed by atoms with Crippen LogP contribution in [0.4, 0.5) is 4.39 Å². The summed E-state index contributed by atoms with van der Waals surface area (Å²) >= 11 is 3.45. The average molecular weight is 302 g/mol. The Kier molecular flexibility index (Phi) is 5.62. The topological polar surface area (TPSA) is 29.1 Å². The van der Waals surface area contributed by atoms with Gasteiger partial charge >= 0.3 is 0 Å². The van der Waals surface area contributed by atoms with Crippen LogP contribution < -0.4 is 5.32 Å². The van der Waals surface area contributed by atoms with Gasteiger partial charge in [0.05, 0.1) is 6.42 Å². The van der Waals surface area contributed by atoms with Crippen LogP contribution in [0.2, 0.25) is 0 Å². The first kappa shape index (κ1) is 14.2. The number of alkyl halides is 1. The predicted octanol–water partition coefficient (Wildman–Crippen LogP) is 3.05. The molecule has 2 atom stereocenters. The number of rotatable bonds is 5. The van der Waals surface area contributed by atoms with Crippen molar-refractivity contribution >= 4 is 21.8 Å². The fourth-order valence-corrected chi connectivity index (χ4v) is 2.22. The molecule has 94 valence electrons. The molecule has 2 nitrogen and oxygen atoms in total. The van der Waals surface area contributed by atoms with E-state index in [9.17, 15) is 9.18 Å². The Morgan fingerprint density at radius 3 is 2.47 bits per heavy atom. The Morgan fingerprint density at radius 1 is 1.35 bits per heavy atom. The third-order valence-corrected chi connectivity index (χ3v) is 2.74. The zero-order valence-electron chi connectivity index (χ0n) is 10.0. The van der Waals surface area contributed by atoms with Crippen molar-refractivity contribution in [2.45, 2.75) is 37.6 Å². The van der Waals surface area contributed by atoms with Crippen molar-refractivity contribution in [3.8, 4) is 0 Å². The molecule has 0 aromatic heterocycles. The van der Waals surface area contributed by atoms with E-state index in [0.29, 0.717) is 11.2 Å². The number of benzene rings is 1. The lowest BCUT2D eigenvalue weighted by Gasteiger charge is -2.15. The summed E-state index contributed by atoms with van der Waals surface area (Å²) in [6.45, 7) is 4.02. The molecule has 0 radical (unpaired) electrons. The summed E-state index contributed by atoms with van der Waals surface area (Å²) in [7, 11) is 0.